The van der Waals surface area contributed by atoms with E-state index >= 15 is 0 Å². The van der Waals surface area contributed by atoms with Gasteiger partial charge in [-0.25, -0.2) is 9.97 Å². The Labute approximate surface area is 124 Å². The number of hydrogen-bond acceptors (Lipinski definition) is 5. The van der Waals surface area contributed by atoms with Crippen molar-refractivity contribution in [3.63, 3.8) is 0 Å². The maximum atomic E-state index is 11.8. The van der Waals surface area contributed by atoms with Crippen molar-refractivity contribution in [2.75, 3.05) is 5.32 Å². The van der Waals surface area contributed by atoms with Gasteiger partial charge in [0, 0.05) is 17.8 Å². The number of nitrogens with zero attached hydrogens (tertiary/aromatic N) is 2. The first-order valence-electron chi connectivity index (χ1n) is 6.88. The van der Waals surface area contributed by atoms with Gasteiger partial charge in [0.05, 0.1) is 6.42 Å². The van der Waals surface area contributed by atoms with Crippen LogP contribution in [0.1, 0.15) is 24.6 Å². The van der Waals surface area contributed by atoms with Gasteiger partial charge in [0.15, 0.2) is 0 Å². The van der Waals surface area contributed by atoms with Gasteiger partial charge in [0.1, 0.15) is 18.8 Å². The molecule has 0 saturated carbocycles. The molecule has 1 aromatic carbocycles. The molecule has 0 aliphatic carbocycles. The van der Waals surface area contributed by atoms with E-state index in [-0.39, 0.29) is 18.4 Å². The van der Waals surface area contributed by atoms with E-state index < -0.39 is 0 Å². The van der Waals surface area contributed by atoms with Crippen molar-refractivity contribution in [3.05, 3.63) is 54.0 Å². The lowest BCUT2D eigenvalue weighted by atomic mass is 10.2. The zero-order valence-corrected chi connectivity index (χ0v) is 12.2. The molecule has 1 heterocycles. The average Bonchev–Trinajstić information content (AvgIpc) is 2.46. The molecule has 0 aliphatic rings. The third-order valence-corrected chi connectivity index (χ3v) is 2.91. The molecule has 1 aromatic heterocycles. The molecule has 0 amide bonds. The van der Waals surface area contributed by atoms with Crippen LogP contribution >= 0.6 is 0 Å². The predicted octanol–water partition coefficient (Wildman–Crippen LogP) is 2.72. The Kier molecular flexibility index (Phi) is 5.26. The summed E-state index contributed by atoms with van der Waals surface area (Å²) in [5.41, 5.74) is 1.87. The highest BCUT2D eigenvalue weighted by molar-refractivity contribution is 5.70. The first kappa shape index (κ1) is 15.0. The van der Waals surface area contributed by atoms with Crippen LogP contribution in [0.15, 0.2) is 42.7 Å². The number of hydrogen-bond donors (Lipinski definition) is 1. The highest BCUT2D eigenvalue weighted by atomic mass is 16.5. The number of carbonyl (C=O) groups is 1. The Morgan fingerprint density at radius 3 is 2.76 bits per heavy atom. The summed E-state index contributed by atoms with van der Waals surface area (Å²) in [4.78, 5) is 19.9. The van der Waals surface area contributed by atoms with E-state index in [2.05, 4.69) is 15.3 Å². The summed E-state index contributed by atoms with van der Waals surface area (Å²) in [6, 6.07) is 11.4. The SMILES string of the molecule is Cc1cc(NC(C)CC(=O)OCc2ccccc2)ncn1. The van der Waals surface area contributed by atoms with Gasteiger partial charge >= 0.3 is 5.97 Å². The van der Waals surface area contributed by atoms with Crippen LogP contribution in [0, 0.1) is 6.92 Å². The third-order valence-electron chi connectivity index (χ3n) is 2.91. The molecule has 2 rings (SSSR count). The van der Waals surface area contributed by atoms with E-state index in [4.69, 9.17) is 4.74 Å². The average molecular weight is 285 g/mol. The number of nitrogens with one attached hydrogen (secondary N) is 1. The van der Waals surface area contributed by atoms with Crippen LogP contribution in [0.3, 0.4) is 0 Å². The Balaban J connectivity index is 1.77. The second kappa shape index (κ2) is 7.38. The summed E-state index contributed by atoms with van der Waals surface area (Å²) < 4.78 is 5.25. The zero-order valence-electron chi connectivity index (χ0n) is 12.2. The molecule has 5 nitrogen and oxygen atoms in total. The van der Waals surface area contributed by atoms with E-state index in [1.54, 1.807) is 0 Å². The second-order valence-electron chi connectivity index (χ2n) is 4.94. The van der Waals surface area contributed by atoms with Gasteiger partial charge in [-0.05, 0) is 19.4 Å². The Morgan fingerprint density at radius 2 is 2.05 bits per heavy atom. The molecule has 5 heteroatoms. The molecule has 21 heavy (non-hydrogen) atoms. The molecule has 110 valence electrons. The molecule has 0 aliphatic heterocycles. The van der Waals surface area contributed by atoms with Crippen LogP contribution < -0.4 is 5.32 Å². The Bertz CT molecular complexity index is 587. The number of ether oxygens (including phenoxy) is 1. The summed E-state index contributed by atoms with van der Waals surface area (Å²) in [5.74, 6) is 0.482. The third kappa shape index (κ3) is 5.22. The van der Waals surface area contributed by atoms with Crippen molar-refractivity contribution in [1.29, 1.82) is 0 Å². The summed E-state index contributed by atoms with van der Waals surface area (Å²) >= 11 is 0. The lowest BCUT2D eigenvalue weighted by molar-refractivity contribution is -0.145. The van der Waals surface area contributed by atoms with Gasteiger partial charge in [0.2, 0.25) is 0 Å². The zero-order chi connectivity index (χ0) is 15.1. The monoisotopic (exact) mass is 285 g/mol. The molecule has 1 atom stereocenters. The van der Waals surface area contributed by atoms with Gasteiger partial charge < -0.3 is 10.1 Å². The van der Waals surface area contributed by atoms with Gasteiger partial charge in [-0.3, -0.25) is 4.79 Å². The molecular formula is C16H19N3O2. The molecule has 1 unspecified atom stereocenters. The highest BCUT2D eigenvalue weighted by Crippen LogP contribution is 2.08. The van der Waals surface area contributed by atoms with Crippen LogP contribution in [-0.4, -0.2) is 22.0 Å². The maximum absolute atomic E-state index is 11.8. The molecule has 0 bridgehead atoms. The van der Waals surface area contributed by atoms with Crippen molar-refractivity contribution in [3.8, 4) is 0 Å². The van der Waals surface area contributed by atoms with Crippen molar-refractivity contribution in [1.82, 2.24) is 9.97 Å². The molecule has 0 saturated heterocycles. The molecule has 0 spiro atoms. The molecule has 1 N–H and O–H groups in total. The van der Waals surface area contributed by atoms with E-state index in [9.17, 15) is 4.79 Å². The van der Waals surface area contributed by atoms with Crippen LogP contribution in [0.5, 0.6) is 0 Å². The van der Waals surface area contributed by atoms with Gasteiger partial charge in [-0.15, -0.1) is 0 Å². The summed E-state index contributed by atoms with van der Waals surface area (Å²) in [7, 11) is 0. The van der Waals surface area contributed by atoms with Crippen molar-refractivity contribution >= 4 is 11.8 Å². The first-order chi connectivity index (χ1) is 10.1. The van der Waals surface area contributed by atoms with E-state index in [0.717, 1.165) is 11.3 Å². The highest BCUT2D eigenvalue weighted by Gasteiger charge is 2.11. The Hall–Kier alpha value is -2.43. The minimum absolute atomic E-state index is 0.0532. The molecule has 0 radical (unpaired) electrons. The van der Waals surface area contributed by atoms with Crippen molar-refractivity contribution in [2.24, 2.45) is 0 Å². The largest absolute Gasteiger partial charge is 0.461 e. The Morgan fingerprint density at radius 1 is 1.29 bits per heavy atom. The number of aryl methyl sites for hydroxylation is 1. The normalized spacial score (nSPS) is 11.7. The lowest BCUT2D eigenvalue weighted by Gasteiger charge is -2.14. The standard InChI is InChI=1S/C16H19N3O2/c1-12-8-15(18-11-17-12)19-13(2)9-16(20)21-10-14-6-4-3-5-7-14/h3-8,11,13H,9-10H2,1-2H3,(H,17,18,19). The van der Waals surface area contributed by atoms with E-state index in [1.807, 2.05) is 50.2 Å². The fraction of sp³-hybridized carbons (Fsp3) is 0.312. The van der Waals surface area contributed by atoms with Crippen LogP contribution in [0.25, 0.3) is 0 Å². The van der Waals surface area contributed by atoms with Crippen LogP contribution in [0.2, 0.25) is 0 Å². The van der Waals surface area contributed by atoms with E-state index in [1.165, 1.54) is 6.33 Å². The topological polar surface area (TPSA) is 64.1 Å². The minimum atomic E-state index is -0.232. The fourth-order valence-corrected chi connectivity index (χ4v) is 1.88. The number of aromatic nitrogens is 2. The number of rotatable bonds is 6. The van der Waals surface area contributed by atoms with Crippen molar-refractivity contribution < 1.29 is 9.53 Å². The molecule has 0 fully saturated rings. The number of carbonyl (C=O) groups excluding carboxylic acids is 1. The first-order valence-corrected chi connectivity index (χ1v) is 6.88. The number of benzene rings is 1. The van der Waals surface area contributed by atoms with Gasteiger partial charge in [-0.1, -0.05) is 30.3 Å². The smallest absolute Gasteiger partial charge is 0.308 e. The van der Waals surface area contributed by atoms with Gasteiger partial charge in [0.25, 0.3) is 0 Å². The summed E-state index contributed by atoms with van der Waals surface area (Å²) in [5, 5.41) is 3.16. The maximum Gasteiger partial charge on any atom is 0.308 e. The summed E-state index contributed by atoms with van der Waals surface area (Å²) in [6.45, 7) is 4.12. The second-order valence-corrected chi connectivity index (χ2v) is 4.94. The van der Waals surface area contributed by atoms with Crippen molar-refractivity contribution in [2.45, 2.75) is 32.9 Å². The van der Waals surface area contributed by atoms with Crippen LogP contribution in [0.4, 0.5) is 5.82 Å². The number of esters is 1. The quantitative estimate of drug-likeness (QED) is 0.827. The fourth-order valence-electron chi connectivity index (χ4n) is 1.88. The predicted molar refractivity (Wildman–Crippen MR) is 80.7 cm³/mol. The number of anilines is 1. The van der Waals surface area contributed by atoms with E-state index in [0.29, 0.717) is 12.4 Å². The molecule has 2 aromatic rings. The van der Waals surface area contributed by atoms with Crippen LogP contribution in [-0.2, 0) is 16.1 Å². The van der Waals surface area contributed by atoms with Gasteiger partial charge in [-0.2, -0.15) is 0 Å². The summed E-state index contributed by atoms with van der Waals surface area (Å²) in [6.07, 6.45) is 1.79. The minimum Gasteiger partial charge on any atom is -0.461 e. The lowest BCUT2D eigenvalue weighted by Crippen LogP contribution is -2.21. The molecular weight excluding hydrogens is 266 g/mol.